The number of nitrogens with zero attached hydrogens (tertiary/aromatic N) is 3. The average molecular weight is 471 g/mol. The number of benzene rings is 1. The molecule has 0 saturated carbocycles. The average Bonchev–Trinajstić information content (AvgIpc) is 3.18. The second-order valence-corrected chi connectivity index (χ2v) is 10.9. The summed E-state index contributed by atoms with van der Waals surface area (Å²) in [5.74, 6) is -0.726. The molecule has 1 fully saturated rings. The van der Waals surface area contributed by atoms with Crippen molar-refractivity contribution in [3.8, 4) is 0 Å². The number of nitrogens with one attached hydrogen (secondary N) is 1. The van der Waals surface area contributed by atoms with Gasteiger partial charge in [-0.15, -0.1) is 10.2 Å². The van der Waals surface area contributed by atoms with Crippen molar-refractivity contribution >= 4 is 50.1 Å². The number of hydrogen-bond donors (Lipinski definition) is 1. The second kappa shape index (κ2) is 10.3. The van der Waals surface area contributed by atoms with E-state index in [0.717, 1.165) is 5.56 Å². The van der Waals surface area contributed by atoms with Crippen molar-refractivity contribution in [1.29, 1.82) is 0 Å². The summed E-state index contributed by atoms with van der Waals surface area (Å²) < 4.78 is 30.3. The van der Waals surface area contributed by atoms with Gasteiger partial charge in [-0.3, -0.25) is 9.59 Å². The first kappa shape index (κ1) is 22.7. The highest BCUT2D eigenvalue weighted by Gasteiger charge is 2.29. The van der Waals surface area contributed by atoms with Crippen LogP contribution in [0.25, 0.3) is 0 Å². The van der Waals surface area contributed by atoms with Gasteiger partial charge in [0.1, 0.15) is 6.61 Å². The van der Waals surface area contributed by atoms with E-state index >= 15 is 0 Å². The number of thioether (sulfide) groups is 1. The molecule has 12 heteroatoms. The summed E-state index contributed by atoms with van der Waals surface area (Å²) in [6.07, 6.45) is 2.10. The number of amides is 1. The first-order chi connectivity index (χ1) is 14.3. The van der Waals surface area contributed by atoms with E-state index in [1.54, 1.807) is 0 Å². The highest BCUT2D eigenvalue weighted by Crippen LogP contribution is 2.27. The number of hydrogen-bond acceptors (Lipinski definition) is 9. The summed E-state index contributed by atoms with van der Waals surface area (Å²) in [7, 11) is -3.22. The molecule has 30 heavy (non-hydrogen) atoms. The predicted octanol–water partition coefficient (Wildman–Crippen LogP) is 1.98. The van der Waals surface area contributed by atoms with Gasteiger partial charge >= 0.3 is 5.97 Å². The first-order valence-electron chi connectivity index (χ1n) is 9.23. The van der Waals surface area contributed by atoms with E-state index < -0.39 is 10.0 Å². The summed E-state index contributed by atoms with van der Waals surface area (Å²) in [5.41, 5.74) is 0.916. The fraction of sp³-hybridized carbons (Fsp3) is 0.444. The molecule has 1 aromatic heterocycles. The predicted molar refractivity (Wildman–Crippen MR) is 115 cm³/mol. The molecule has 0 bridgehead atoms. The third-order valence-corrected chi connectivity index (χ3v) is 7.74. The lowest BCUT2D eigenvalue weighted by Crippen LogP contribution is -2.40. The van der Waals surface area contributed by atoms with Crippen LogP contribution in [0.4, 0.5) is 5.13 Å². The number of carbonyl (C=O) groups excluding carboxylic acids is 2. The van der Waals surface area contributed by atoms with Crippen molar-refractivity contribution in [3.05, 3.63) is 35.9 Å². The van der Waals surface area contributed by atoms with E-state index in [9.17, 15) is 18.0 Å². The third kappa shape index (κ3) is 6.76. The topological polar surface area (TPSA) is 119 Å². The van der Waals surface area contributed by atoms with Gasteiger partial charge in [-0.25, -0.2) is 12.7 Å². The first-order valence-corrected chi connectivity index (χ1v) is 12.9. The highest BCUT2D eigenvalue weighted by atomic mass is 32.2. The number of carbonyl (C=O) groups is 2. The van der Waals surface area contributed by atoms with Crippen LogP contribution in [0, 0.1) is 5.92 Å². The van der Waals surface area contributed by atoms with Gasteiger partial charge in [0.05, 0.1) is 12.0 Å². The number of rotatable bonds is 8. The molecule has 1 amide bonds. The molecule has 162 valence electrons. The lowest BCUT2D eigenvalue weighted by molar-refractivity contribution is -0.141. The highest BCUT2D eigenvalue weighted by molar-refractivity contribution is 8.01. The Bertz CT molecular complexity index is 973. The molecule has 1 aromatic carbocycles. The normalized spacial score (nSPS) is 15.6. The molecule has 3 rings (SSSR count). The van der Waals surface area contributed by atoms with Gasteiger partial charge in [-0.1, -0.05) is 53.4 Å². The second-order valence-electron chi connectivity index (χ2n) is 6.73. The number of piperidine rings is 1. The zero-order valence-electron chi connectivity index (χ0n) is 16.3. The van der Waals surface area contributed by atoms with Gasteiger partial charge in [0.2, 0.25) is 21.1 Å². The maximum absolute atomic E-state index is 12.4. The Morgan fingerprint density at radius 1 is 1.23 bits per heavy atom. The van der Waals surface area contributed by atoms with Crippen molar-refractivity contribution < 1.29 is 22.7 Å². The van der Waals surface area contributed by atoms with Crippen LogP contribution in [0.5, 0.6) is 0 Å². The van der Waals surface area contributed by atoms with Crippen molar-refractivity contribution in [3.63, 3.8) is 0 Å². The Balaban J connectivity index is 1.40. The SMILES string of the molecule is CS(=O)(=O)N1CCC(C(=O)Nc2nnc(SCC(=O)OCc3ccccc3)s2)CC1. The lowest BCUT2D eigenvalue weighted by Gasteiger charge is -2.29. The van der Waals surface area contributed by atoms with Gasteiger partial charge in [0.25, 0.3) is 0 Å². The molecule has 2 aromatic rings. The van der Waals surface area contributed by atoms with Crippen LogP contribution in [0.3, 0.4) is 0 Å². The van der Waals surface area contributed by atoms with Crippen LogP contribution >= 0.6 is 23.1 Å². The summed E-state index contributed by atoms with van der Waals surface area (Å²) in [6.45, 7) is 0.883. The standard InChI is InChI=1S/C18H22N4O5S3/c1-30(25,26)22-9-7-14(8-10-22)16(24)19-17-20-21-18(29-17)28-12-15(23)27-11-13-5-3-2-4-6-13/h2-6,14H,7-12H2,1H3,(H,19,20,24). The largest absolute Gasteiger partial charge is 0.460 e. The fourth-order valence-corrected chi connectivity index (χ4v) is 5.30. The summed E-state index contributed by atoms with van der Waals surface area (Å²) in [5, 5.41) is 11.0. The number of sulfonamides is 1. The van der Waals surface area contributed by atoms with Crippen LogP contribution in [0.1, 0.15) is 18.4 Å². The molecule has 0 radical (unpaired) electrons. The molecule has 2 heterocycles. The minimum Gasteiger partial charge on any atom is -0.460 e. The molecular formula is C18H22N4O5S3. The molecule has 0 unspecified atom stereocenters. The van der Waals surface area contributed by atoms with Crippen molar-refractivity contribution in [2.75, 3.05) is 30.4 Å². The fourth-order valence-electron chi connectivity index (χ4n) is 2.88. The van der Waals surface area contributed by atoms with Crippen LogP contribution < -0.4 is 5.32 Å². The van der Waals surface area contributed by atoms with Crippen LogP contribution in [0.15, 0.2) is 34.7 Å². The molecule has 1 N–H and O–H groups in total. The summed E-state index contributed by atoms with van der Waals surface area (Å²) in [4.78, 5) is 24.3. The summed E-state index contributed by atoms with van der Waals surface area (Å²) in [6, 6.07) is 9.41. The van der Waals surface area contributed by atoms with Gasteiger partial charge in [0, 0.05) is 19.0 Å². The van der Waals surface area contributed by atoms with Gasteiger partial charge in [0.15, 0.2) is 4.34 Å². The smallest absolute Gasteiger partial charge is 0.316 e. The Kier molecular flexibility index (Phi) is 7.81. The molecule has 1 aliphatic heterocycles. The number of aromatic nitrogens is 2. The Labute approximate surface area is 183 Å². The van der Waals surface area contributed by atoms with Crippen LogP contribution in [0.2, 0.25) is 0 Å². The maximum Gasteiger partial charge on any atom is 0.316 e. The Hall–Kier alpha value is -2.02. The molecular weight excluding hydrogens is 448 g/mol. The number of ether oxygens (including phenoxy) is 1. The van der Waals surface area contributed by atoms with E-state index in [0.29, 0.717) is 35.4 Å². The van der Waals surface area contributed by atoms with E-state index in [4.69, 9.17) is 4.74 Å². The van der Waals surface area contributed by atoms with Crippen molar-refractivity contribution in [2.45, 2.75) is 23.8 Å². The van der Waals surface area contributed by atoms with Crippen LogP contribution in [-0.2, 0) is 31.0 Å². The van der Waals surface area contributed by atoms with E-state index in [1.165, 1.54) is 33.7 Å². The van der Waals surface area contributed by atoms with E-state index in [-0.39, 0.29) is 30.2 Å². The maximum atomic E-state index is 12.4. The Morgan fingerprint density at radius 3 is 2.60 bits per heavy atom. The zero-order chi connectivity index (χ0) is 21.6. The molecule has 1 saturated heterocycles. The third-order valence-electron chi connectivity index (χ3n) is 4.49. The van der Waals surface area contributed by atoms with Crippen molar-refractivity contribution in [2.24, 2.45) is 5.92 Å². The molecule has 0 spiro atoms. The molecule has 9 nitrogen and oxygen atoms in total. The monoisotopic (exact) mass is 470 g/mol. The molecule has 1 aliphatic rings. The van der Waals surface area contributed by atoms with E-state index in [2.05, 4.69) is 15.5 Å². The zero-order valence-corrected chi connectivity index (χ0v) is 18.8. The van der Waals surface area contributed by atoms with Gasteiger partial charge in [-0.05, 0) is 18.4 Å². The Morgan fingerprint density at radius 2 is 1.93 bits per heavy atom. The summed E-state index contributed by atoms with van der Waals surface area (Å²) >= 11 is 2.38. The number of esters is 1. The molecule has 0 aliphatic carbocycles. The lowest BCUT2D eigenvalue weighted by atomic mass is 9.97. The minimum absolute atomic E-state index is 0.0966. The number of anilines is 1. The van der Waals surface area contributed by atoms with Crippen LogP contribution in [-0.4, -0.2) is 59.9 Å². The van der Waals surface area contributed by atoms with Crippen molar-refractivity contribution in [1.82, 2.24) is 14.5 Å². The quantitative estimate of drug-likeness (QED) is 0.353. The van der Waals surface area contributed by atoms with E-state index in [1.807, 2.05) is 30.3 Å². The van der Waals surface area contributed by atoms with Gasteiger partial charge in [-0.2, -0.15) is 0 Å². The molecule has 0 atom stereocenters. The minimum atomic E-state index is -3.22. The van der Waals surface area contributed by atoms with Gasteiger partial charge < -0.3 is 10.1 Å².